The number of hydrogen-bond acceptors (Lipinski definition) is 2. The second-order valence-electron chi connectivity index (χ2n) is 5.11. The summed E-state index contributed by atoms with van der Waals surface area (Å²) >= 11 is 3.31. The monoisotopic (exact) mass is 331 g/mol. The molecule has 5 heteroatoms. The molecule has 0 aliphatic heterocycles. The molecule has 0 radical (unpaired) electrons. The molecule has 1 saturated carbocycles. The first-order chi connectivity index (χ1) is 8.38. The van der Waals surface area contributed by atoms with Crippen molar-refractivity contribution in [2.24, 2.45) is 5.92 Å². The molecule has 0 amide bonds. The van der Waals surface area contributed by atoms with Gasteiger partial charge in [0.25, 0.3) is 0 Å². The summed E-state index contributed by atoms with van der Waals surface area (Å²) in [5, 5.41) is 0. The molecule has 0 heterocycles. The fraction of sp³-hybridized carbons (Fsp3) is 0.538. The van der Waals surface area contributed by atoms with Gasteiger partial charge in [-0.3, -0.25) is 0 Å². The lowest BCUT2D eigenvalue weighted by Crippen LogP contribution is -2.33. The van der Waals surface area contributed by atoms with E-state index in [2.05, 4.69) is 20.7 Å². The maximum atomic E-state index is 12.3. The summed E-state index contributed by atoms with van der Waals surface area (Å²) in [6, 6.07) is 5.31. The van der Waals surface area contributed by atoms with Gasteiger partial charge in [0.2, 0.25) is 10.0 Å². The first-order valence-corrected chi connectivity index (χ1v) is 8.44. The van der Waals surface area contributed by atoms with Crippen LogP contribution in [0.25, 0.3) is 0 Å². The Morgan fingerprint density at radius 1 is 1.44 bits per heavy atom. The number of halogens is 1. The molecule has 1 N–H and O–H groups in total. The highest BCUT2D eigenvalue weighted by atomic mass is 79.9. The number of hydrogen-bond donors (Lipinski definition) is 1. The highest BCUT2D eigenvalue weighted by Crippen LogP contribution is 2.33. The van der Waals surface area contributed by atoms with Gasteiger partial charge in [-0.15, -0.1) is 0 Å². The number of nitrogens with one attached hydrogen (secondary N) is 1. The predicted octanol–water partition coefficient (Wildman–Crippen LogP) is 3.22. The summed E-state index contributed by atoms with van der Waals surface area (Å²) in [5.41, 5.74) is 0.768. The van der Waals surface area contributed by atoms with E-state index in [1.807, 2.05) is 26.0 Å². The van der Waals surface area contributed by atoms with E-state index in [4.69, 9.17) is 0 Å². The molecular formula is C13H18BrNO2S. The summed E-state index contributed by atoms with van der Waals surface area (Å²) < 4.78 is 28.1. The fourth-order valence-electron chi connectivity index (χ4n) is 2.09. The van der Waals surface area contributed by atoms with Crippen molar-refractivity contribution < 1.29 is 8.42 Å². The van der Waals surface area contributed by atoms with E-state index in [0.717, 1.165) is 16.5 Å². The molecule has 1 unspecified atom stereocenters. The zero-order valence-corrected chi connectivity index (χ0v) is 13.0. The largest absolute Gasteiger partial charge is 0.241 e. The van der Waals surface area contributed by atoms with Crippen molar-refractivity contribution in [1.29, 1.82) is 0 Å². The van der Waals surface area contributed by atoms with Crippen LogP contribution in [-0.2, 0) is 10.0 Å². The van der Waals surface area contributed by atoms with E-state index in [-0.39, 0.29) is 6.04 Å². The lowest BCUT2D eigenvalue weighted by atomic mass is 10.2. The Labute approximate surface area is 117 Å². The van der Waals surface area contributed by atoms with Gasteiger partial charge in [0.1, 0.15) is 0 Å². The molecule has 1 aromatic rings. The van der Waals surface area contributed by atoms with Gasteiger partial charge in [-0.2, -0.15) is 0 Å². The lowest BCUT2D eigenvalue weighted by Gasteiger charge is -2.15. The average Bonchev–Trinajstić information content (AvgIpc) is 3.04. The van der Waals surface area contributed by atoms with Crippen molar-refractivity contribution in [2.45, 2.75) is 44.0 Å². The van der Waals surface area contributed by atoms with Gasteiger partial charge in [-0.25, -0.2) is 13.1 Å². The fourth-order valence-corrected chi connectivity index (χ4v) is 4.13. The van der Waals surface area contributed by atoms with E-state index in [0.29, 0.717) is 10.8 Å². The third-order valence-corrected chi connectivity index (χ3v) is 5.40. The Morgan fingerprint density at radius 2 is 2.11 bits per heavy atom. The van der Waals surface area contributed by atoms with E-state index < -0.39 is 10.0 Å². The molecule has 0 bridgehead atoms. The van der Waals surface area contributed by atoms with E-state index in [1.165, 1.54) is 12.8 Å². The van der Waals surface area contributed by atoms with Crippen molar-refractivity contribution >= 4 is 26.0 Å². The molecule has 18 heavy (non-hydrogen) atoms. The van der Waals surface area contributed by atoms with E-state index in [9.17, 15) is 8.42 Å². The zero-order valence-electron chi connectivity index (χ0n) is 10.6. The molecule has 1 aromatic carbocycles. The summed E-state index contributed by atoms with van der Waals surface area (Å²) in [6.45, 7) is 3.75. The SMILES string of the molecule is Cc1ccc(Br)cc1S(=O)(=O)NC(C)CC1CC1. The highest BCUT2D eigenvalue weighted by molar-refractivity contribution is 9.10. The highest BCUT2D eigenvalue weighted by Gasteiger charge is 2.26. The van der Waals surface area contributed by atoms with Crippen LogP contribution in [0.4, 0.5) is 0 Å². The summed E-state index contributed by atoms with van der Waals surface area (Å²) in [7, 11) is -3.41. The molecule has 100 valence electrons. The van der Waals surface area contributed by atoms with Gasteiger partial charge in [-0.05, 0) is 43.9 Å². The van der Waals surface area contributed by atoms with Gasteiger partial charge in [-0.1, -0.05) is 34.8 Å². The molecule has 1 aliphatic rings. The van der Waals surface area contributed by atoms with Crippen molar-refractivity contribution in [2.75, 3.05) is 0 Å². The van der Waals surface area contributed by atoms with Crippen LogP contribution in [0.3, 0.4) is 0 Å². The van der Waals surface area contributed by atoms with Gasteiger partial charge in [0.15, 0.2) is 0 Å². The first kappa shape index (κ1) is 14.0. The van der Waals surface area contributed by atoms with Crippen LogP contribution in [0.1, 0.15) is 31.7 Å². The Bertz CT molecular complexity index is 538. The maximum Gasteiger partial charge on any atom is 0.241 e. The van der Waals surface area contributed by atoms with Crippen LogP contribution < -0.4 is 4.72 Å². The van der Waals surface area contributed by atoms with Crippen molar-refractivity contribution in [3.8, 4) is 0 Å². The Balaban J connectivity index is 2.16. The van der Waals surface area contributed by atoms with Crippen LogP contribution in [0.15, 0.2) is 27.6 Å². The first-order valence-electron chi connectivity index (χ1n) is 6.17. The Hall–Kier alpha value is -0.390. The third kappa shape index (κ3) is 3.56. The zero-order chi connectivity index (χ0) is 13.3. The van der Waals surface area contributed by atoms with Crippen molar-refractivity contribution in [1.82, 2.24) is 4.72 Å². The number of rotatable bonds is 5. The van der Waals surface area contributed by atoms with Crippen molar-refractivity contribution in [3.63, 3.8) is 0 Å². The van der Waals surface area contributed by atoms with Crippen LogP contribution in [-0.4, -0.2) is 14.5 Å². The summed E-state index contributed by atoms with van der Waals surface area (Å²) in [6.07, 6.45) is 3.41. The second-order valence-corrected chi connectivity index (χ2v) is 7.71. The lowest BCUT2D eigenvalue weighted by molar-refractivity contribution is 0.529. The van der Waals surface area contributed by atoms with E-state index in [1.54, 1.807) is 6.07 Å². The predicted molar refractivity (Wildman–Crippen MR) is 76.0 cm³/mol. The number of sulfonamides is 1. The minimum Gasteiger partial charge on any atom is -0.208 e. The van der Waals surface area contributed by atoms with Crippen LogP contribution in [0.2, 0.25) is 0 Å². The van der Waals surface area contributed by atoms with Gasteiger partial charge in [0, 0.05) is 10.5 Å². The standard InChI is InChI=1S/C13H18BrNO2S/c1-9-3-6-12(14)8-13(9)18(16,17)15-10(2)7-11-4-5-11/h3,6,8,10-11,15H,4-5,7H2,1-2H3. The van der Waals surface area contributed by atoms with Gasteiger partial charge >= 0.3 is 0 Å². The number of benzene rings is 1. The molecule has 1 fully saturated rings. The van der Waals surface area contributed by atoms with Crippen LogP contribution in [0.5, 0.6) is 0 Å². The van der Waals surface area contributed by atoms with E-state index >= 15 is 0 Å². The summed E-state index contributed by atoms with van der Waals surface area (Å²) in [4.78, 5) is 0.361. The third-order valence-electron chi connectivity index (χ3n) is 3.18. The Morgan fingerprint density at radius 3 is 2.72 bits per heavy atom. The molecule has 0 aromatic heterocycles. The average molecular weight is 332 g/mol. The quantitative estimate of drug-likeness (QED) is 0.900. The Kier molecular flexibility index (Phi) is 4.14. The molecule has 1 aliphatic carbocycles. The van der Waals surface area contributed by atoms with Crippen molar-refractivity contribution in [3.05, 3.63) is 28.2 Å². The van der Waals surface area contributed by atoms with Gasteiger partial charge < -0.3 is 0 Å². The maximum absolute atomic E-state index is 12.3. The van der Waals surface area contributed by atoms with Gasteiger partial charge in [0.05, 0.1) is 4.90 Å². The van der Waals surface area contributed by atoms with Crippen LogP contribution in [0, 0.1) is 12.8 Å². The normalized spacial score (nSPS) is 17.7. The minimum atomic E-state index is -3.41. The molecule has 1 atom stereocenters. The molecule has 0 spiro atoms. The second kappa shape index (κ2) is 5.31. The number of aryl methyl sites for hydroxylation is 1. The topological polar surface area (TPSA) is 46.2 Å². The molecule has 3 nitrogen and oxygen atoms in total. The minimum absolute atomic E-state index is 0.000816. The van der Waals surface area contributed by atoms with Crippen LogP contribution >= 0.6 is 15.9 Å². The molecule has 0 saturated heterocycles. The molecule has 2 rings (SSSR count). The smallest absolute Gasteiger partial charge is 0.208 e. The molecular weight excluding hydrogens is 314 g/mol. The summed E-state index contributed by atoms with van der Waals surface area (Å²) in [5.74, 6) is 0.714.